The Balaban J connectivity index is 1.17. The third-order valence-corrected chi connectivity index (χ3v) is 15.0. The number of fused-ring (bicyclic) bond motifs is 4. The van der Waals surface area contributed by atoms with E-state index in [-0.39, 0.29) is 6.04 Å². The van der Waals surface area contributed by atoms with Crippen LogP contribution in [0, 0.1) is 11.8 Å². The van der Waals surface area contributed by atoms with E-state index in [1.807, 2.05) is 30.5 Å². The van der Waals surface area contributed by atoms with Gasteiger partial charge in [-0.2, -0.15) is 0 Å². The molecule has 3 saturated heterocycles. The predicted molar refractivity (Wildman–Crippen MR) is 172 cm³/mol. The summed E-state index contributed by atoms with van der Waals surface area (Å²) in [5.41, 5.74) is 1.98. The second kappa shape index (κ2) is 11.4. The van der Waals surface area contributed by atoms with Gasteiger partial charge in [0, 0.05) is 24.2 Å². The van der Waals surface area contributed by atoms with Crippen LogP contribution in [0.4, 0.5) is 0 Å². The monoisotopic (exact) mass is 554 g/mol. The number of hydrogen-bond acceptors (Lipinski definition) is 3. The van der Waals surface area contributed by atoms with Gasteiger partial charge in [-0.15, -0.1) is 0 Å². The SMILES string of the molecule is O[C@@H](c1ccnc2ccccc12)[C@H]1CC2CCN1C[C@@H]2CC[Si](c1ccccc1)(c1ccccc1)c1ccccc1. The van der Waals surface area contributed by atoms with E-state index in [0.717, 1.165) is 36.0 Å². The lowest BCUT2D eigenvalue weighted by atomic mass is 9.72. The number of nitrogens with zero attached hydrogens (tertiary/aromatic N) is 2. The molecule has 4 heterocycles. The summed E-state index contributed by atoms with van der Waals surface area (Å²) < 4.78 is 0. The minimum atomic E-state index is -2.23. The van der Waals surface area contributed by atoms with Gasteiger partial charge in [0.15, 0.2) is 0 Å². The van der Waals surface area contributed by atoms with Crippen LogP contribution in [0.15, 0.2) is 128 Å². The van der Waals surface area contributed by atoms with Gasteiger partial charge >= 0.3 is 0 Å². The van der Waals surface area contributed by atoms with Crippen molar-refractivity contribution >= 4 is 34.5 Å². The number of hydrogen-bond donors (Lipinski definition) is 1. The molecule has 0 aliphatic carbocycles. The molecule has 5 atom stereocenters. The Labute approximate surface area is 244 Å². The minimum Gasteiger partial charge on any atom is -0.387 e. The van der Waals surface area contributed by atoms with Crippen molar-refractivity contribution < 1.29 is 5.11 Å². The highest BCUT2D eigenvalue weighted by Gasteiger charge is 2.45. The lowest BCUT2D eigenvalue weighted by molar-refractivity contribution is -0.0562. The molecule has 0 spiro atoms. The molecule has 2 bridgehead atoms. The third-order valence-electron chi connectivity index (χ3n) is 9.99. The Bertz CT molecular complexity index is 1490. The van der Waals surface area contributed by atoms with Crippen molar-refractivity contribution in [1.29, 1.82) is 0 Å². The smallest absolute Gasteiger partial charge is 0.148 e. The standard InChI is InChI=1S/C37H38N2OSi/c40-37(34-20-23-38-35-19-11-10-18-33(34)35)36-26-28-21-24-39(36)27-29(28)22-25-41(30-12-4-1-5-13-30,31-14-6-2-7-15-31)32-16-8-3-9-17-32/h1-20,23,28-29,36-37,40H,21-22,24-27H2/t28?,29-,36+,37-/m0/s1. The molecule has 3 fully saturated rings. The molecule has 0 saturated carbocycles. The van der Waals surface area contributed by atoms with E-state index in [1.165, 1.54) is 34.4 Å². The Morgan fingerprint density at radius 2 is 1.34 bits per heavy atom. The normalized spacial score (nSPS) is 23.0. The van der Waals surface area contributed by atoms with E-state index in [4.69, 9.17) is 0 Å². The molecule has 2 unspecified atom stereocenters. The molecule has 206 valence electrons. The highest BCUT2D eigenvalue weighted by atomic mass is 28.3. The molecule has 0 radical (unpaired) electrons. The van der Waals surface area contributed by atoms with Gasteiger partial charge in [0.2, 0.25) is 0 Å². The molecule has 3 nitrogen and oxygen atoms in total. The number of piperidine rings is 3. The lowest BCUT2D eigenvalue weighted by Gasteiger charge is -2.52. The van der Waals surface area contributed by atoms with Crippen molar-refractivity contribution in [2.24, 2.45) is 11.8 Å². The van der Waals surface area contributed by atoms with E-state index in [0.29, 0.717) is 11.8 Å². The molecule has 3 aliphatic heterocycles. The molecule has 8 rings (SSSR count). The first-order chi connectivity index (χ1) is 20.2. The van der Waals surface area contributed by atoms with Gasteiger partial charge in [-0.25, -0.2) is 0 Å². The topological polar surface area (TPSA) is 36.4 Å². The zero-order valence-electron chi connectivity index (χ0n) is 23.5. The van der Waals surface area contributed by atoms with Crippen molar-refractivity contribution in [3.63, 3.8) is 0 Å². The fourth-order valence-corrected chi connectivity index (χ4v) is 12.9. The Morgan fingerprint density at radius 1 is 0.756 bits per heavy atom. The van der Waals surface area contributed by atoms with E-state index < -0.39 is 14.2 Å². The van der Waals surface area contributed by atoms with E-state index in [9.17, 15) is 5.11 Å². The first kappa shape index (κ1) is 26.3. The zero-order valence-corrected chi connectivity index (χ0v) is 24.5. The first-order valence-corrected chi connectivity index (χ1v) is 17.4. The van der Waals surface area contributed by atoms with Crippen molar-refractivity contribution in [1.82, 2.24) is 9.88 Å². The number of rotatable bonds is 8. The maximum Gasteiger partial charge on any atom is 0.148 e. The predicted octanol–water partition coefficient (Wildman–Crippen LogP) is 5.54. The summed E-state index contributed by atoms with van der Waals surface area (Å²) in [5, 5.41) is 17.3. The molecule has 3 aliphatic rings. The van der Waals surface area contributed by atoms with Crippen LogP contribution >= 0.6 is 0 Å². The summed E-state index contributed by atoms with van der Waals surface area (Å²) in [7, 11) is -2.23. The van der Waals surface area contributed by atoms with Crippen LogP contribution in [0.1, 0.15) is 30.9 Å². The molecule has 1 N–H and O–H groups in total. The first-order valence-electron chi connectivity index (χ1n) is 15.2. The highest BCUT2D eigenvalue weighted by Crippen LogP contribution is 2.43. The molecule has 4 aromatic carbocycles. The van der Waals surface area contributed by atoms with Crippen LogP contribution in [-0.2, 0) is 0 Å². The molecule has 41 heavy (non-hydrogen) atoms. The summed E-state index contributed by atoms with van der Waals surface area (Å²) in [6.45, 7) is 2.17. The van der Waals surface area contributed by atoms with Gasteiger partial charge in [0.05, 0.1) is 11.6 Å². The average Bonchev–Trinajstić information content (AvgIpc) is 3.06. The van der Waals surface area contributed by atoms with Crippen LogP contribution < -0.4 is 15.6 Å². The Hall–Kier alpha value is -3.57. The molecular weight excluding hydrogens is 517 g/mol. The molecule has 5 aromatic rings. The van der Waals surface area contributed by atoms with Gasteiger partial charge in [-0.05, 0) is 70.5 Å². The van der Waals surface area contributed by atoms with Crippen LogP contribution in [0.3, 0.4) is 0 Å². The van der Waals surface area contributed by atoms with Crippen LogP contribution in [0.25, 0.3) is 10.9 Å². The molecule has 0 amide bonds. The molecular formula is C37H38N2OSi. The van der Waals surface area contributed by atoms with Gasteiger partial charge in [0.25, 0.3) is 0 Å². The van der Waals surface area contributed by atoms with Crippen molar-refractivity contribution in [3.05, 3.63) is 133 Å². The zero-order chi connectivity index (χ0) is 27.6. The Kier molecular flexibility index (Phi) is 7.30. The number of aliphatic hydroxyl groups excluding tert-OH is 1. The fraction of sp³-hybridized carbons (Fsp3) is 0.270. The maximum atomic E-state index is 11.7. The van der Waals surface area contributed by atoms with Crippen molar-refractivity contribution in [2.75, 3.05) is 13.1 Å². The maximum absolute atomic E-state index is 11.7. The van der Waals surface area contributed by atoms with Crippen LogP contribution in [0.5, 0.6) is 0 Å². The van der Waals surface area contributed by atoms with Crippen LogP contribution in [0.2, 0.25) is 6.04 Å². The molecule has 4 heteroatoms. The average molecular weight is 555 g/mol. The third kappa shape index (κ3) is 4.84. The summed E-state index contributed by atoms with van der Waals surface area (Å²) in [5.74, 6) is 1.31. The second-order valence-electron chi connectivity index (χ2n) is 12.0. The van der Waals surface area contributed by atoms with Crippen molar-refractivity contribution in [2.45, 2.75) is 37.5 Å². The van der Waals surface area contributed by atoms with Crippen molar-refractivity contribution in [3.8, 4) is 0 Å². The number of pyridine rings is 1. The van der Waals surface area contributed by atoms with E-state index in [1.54, 1.807) is 0 Å². The van der Waals surface area contributed by atoms with Gasteiger partial charge in [0.1, 0.15) is 8.07 Å². The van der Waals surface area contributed by atoms with Gasteiger partial charge in [-0.1, -0.05) is 116 Å². The van der Waals surface area contributed by atoms with Crippen LogP contribution in [-0.4, -0.2) is 42.2 Å². The quantitative estimate of drug-likeness (QED) is 0.202. The fourth-order valence-electron chi connectivity index (χ4n) is 7.92. The number of aromatic nitrogens is 1. The molecule has 1 aromatic heterocycles. The summed E-state index contributed by atoms with van der Waals surface area (Å²) in [6, 6.07) is 45.5. The minimum absolute atomic E-state index is 0.176. The second-order valence-corrected chi connectivity index (χ2v) is 16.1. The van der Waals surface area contributed by atoms with E-state index >= 15 is 0 Å². The lowest BCUT2D eigenvalue weighted by Crippen LogP contribution is -2.67. The van der Waals surface area contributed by atoms with E-state index in [2.05, 4.69) is 107 Å². The summed E-state index contributed by atoms with van der Waals surface area (Å²) >= 11 is 0. The summed E-state index contributed by atoms with van der Waals surface area (Å²) in [6.07, 6.45) is 4.88. The summed E-state index contributed by atoms with van der Waals surface area (Å²) in [4.78, 5) is 7.13. The van der Waals surface area contributed by atoms with Gasteiger partial charge < -0.3 is 5.11 Å². The Morgan fingerprint density at radius 3 is 1.93 bits per heavy atom. The number of aliphatic hydroxyl groups is 1. The number of benzene rings is 4. The van der Waals surface area contributed by atoms with Gasteiger partial charge in [-0.3, -0.25) is 9.88 Å². The largest absolute Gasteiger partial charge is 0.387 e. The number of para-hydroxylation sites is 1. The highest BCUT2D eigenvalue weighted by molar-refractivity contribution is 7.11.